The van der Waals surface area contributed by atoms with Gasteiger partial charge in [-0.2, -0.15) is 0 Å². The molecule has 1 unspecified atom stereocenters. The van der Waals surface area contributed by atoms with Gasteiger partial charge in [-0.05, 0) is 56.0 Å². The van der Waals surface area contributed by atoms with Crippen LogP contribution in [0.3, 0.4) is 0 Å². The molecule has 2 aromatic rings. The molecule has 1 fully saturated rings. The van der Waals surface area contributed by atoms with Crippen molar-refractivity contribution in [3.63, 3.8) is 0 Å². The van der Waals surface area contributed by atoms with Gasteiger partial charge in [0.25, 0.3) is 0 Å². The molecule has 0 radical (unpaired) electrons. The van der Waals surface area contributed by atoms with Gasteiger partial charge in [0.2, 0.25) is 5.91 Å². The molecule has 0 spiro atoms. The van der Waals surface area contributed by atoms with Crippen LogP contribution in [0, 0.1) is 6.92 Å². The Kier molecular flexibility index (Phi) is 8.54. The fourth-order valence-electron chi connectivity index (χ4n) is 3.61. The number of nitrogens with one attached hydrogen (secondary N) is 1. The molecular weight excluding hydrogens is 400 g/mol. The summed E-state index contributed by atoms with van der Waals surface area (Å²) in [5.74, 6) is 1.53. The van der Waals surface area contributed by atoms with Crippen molar-refractivity contribution >= 4 is 17.2 Å². The third-order valence-electron chi connectivity index (χ3n) is 5.29. The Bertz CT molecular complexity index is 817. The molecule has 1 aromatic carbocycles. The van der Waals surface area contributed by atoms with Crippen LogP contribution in [-0.2, 0) is 22.5 Å². The van der Waals surface area contributed by atoms with Crippen LogP contribution < -0.4 is 14.8 Å². The minimum atomic E-state index is 0.111. The third-order valence-corrected chi connectivity index (χ3v) is 6.27. The number of rotatable bonds is 11. The zero-order chi connectivity index (χ0) is 21.3. The molecule has 7 heteroatoms. The number of carbonyl (C=O) groups excluding carboxylic acids is 1. The quantitative estimate of drug-likeness (QED) is 0.590. The highest BCUT2D eigenvalue weighted by molar-refractivity contribution is 7.11. The summed E-state index contributed by atoms with van der Waals surface area (Å²) in [7, 11) is 3.26. The van der Waals surface area contributed by atoms with E-state index in [1.54, 1.807) is 25.6 Å². The van der Waals surface area contributed by atoms with E-state index >= 15 is 0 Å². The first kappa shape index (κ1) is 22.6. The van der Waals surface area contributed by atoms with E-state index < -0.39 is 0 Å². The lowest BCUT2D eigenvalue weighted by Gasteiger charge is -2.23. The van der Waals surface area contributed by atoms with Crippen molar-refractivity contribution in [3.8, 4) is 11.5 Å². The van der Waals surface area contributed by atoms with Gasteiger partial charge in [-0.15, -0.1) is 11.3 Å². The molecule has 1 aromatic heterocycles. The number of amides is 1. The van der Waals surface area contributed by atoms with Gasteiger partial charge < -0.3 is 24.4 Å². The van der Waals surface area contributed by atoms with Crippen LogP contribution in [0.1, 0.15) is 28.2 Å². The van der Waals surface area contributed by atoms with Gasteiger partial charge in [0.05, 0.1) is 33.4 Å². The molecule has 1 saturated heterocycles. The highest BCUT2D eigenvalue weighted by atomic mass is 32.1. The number of carbonyl (C=O) groups is 1. The molecule has 1 atom stereocenters. The Morgan fingerprint density at radius 3 is 2.73 bits per heavy atom. The molecule has 2 heterocycles. The average molecular weight is 433 g/mol. The Balaban J connectivity index is 1.60. The van der Waals surface area contributed by atoms with E-state index in [0.29, 0.717) is 31.1 Å². The third kappa shape index (κ3) is 6.45. The molecule has 1 N–H and O–H groups in total. The summed E-state index contributed by atoms with van der Waals surface area (Å²) in [6.45, 7) is 5.26. The maximum absolute atomic E-state index is 13.0. The normalized spacial score (nSPS) is 15.9. The number of methoxy groups -OCH3 is 2. The maximum Gasteiger partial charge on any atom is 0.236 e. The van der Waals surface area contributed by atoms with Gasteiger partial charge in [0.1, 0.15) is 0 Å². The monoisotopic (exact) mass is 432 g/mol. The van der Waals surface area contributed by atoms with Gasteiger partial charge in [-0.25, -0.2) is 0 Å². The van der Waals surface area contributed by atoms with Crippen LogP contribution in [0.5, 0.6) is 11.5 Å². The van der Waals surface area contributed by atoms with Crippen molar-refractivity contribution in [1.29, 1.82) is 0 Å². The zero-order valence-corrected chi connectivity index (χ0v) is 18.9. The summed E-state index contributed by atoms with van der Waals surface area (Å²) in [4.78, 5) is 17.3. The molecule has 164 valence electrons. The summed E-state index contributed by atoms with van der Waals surface area (Å²) < 4.78 is 16.4. The average Bonchev–Trinajstić information content (AvgIpc) is 3.42. The molecule has 0 bridgehead atoms. The lowest BCUT2D eigenvalue weighted by Crippen LogP contribution is -2.40. The zero-order valence-electron chi connectivity index (χ0n) is 18.1. The lowest BCUT2D eigenvalue weighted by atomic mass is 10.1. The second-order valence-electron chi connectivity index (χ2n) is 7.53. The van der Waals surface area contributed by atoms with Crippen LogP contribution in [-0.4, -0.2) is 57.4 Å². The number of hydrogen-bond donors (Lipinski definition) is 1. The minimum absolute atomic E-state index is 0.111. The Morgan fingerprint density at radius 2 is 2.07 bits per heavy atom. The Labute approximate surface area is 183 Å². The second-order valence-corrected chi connectivity index (χ2v) is 8.91. The van der Waals surface area contributed by atoms with Crippen molar-refractivity contribution < 1.29 is 19.0 Å². The van der Waals surface area contributed by atoms with Crippen molar-refractivity contribution in [1.82, 2.24) is 10.2 Å². The predicted octanol–water partition coefficient (Wildman–Crippen LogP) is 3.41. The lowest BCUT2D eigenvalue weighted by molar-refractivity contribution is -0.130. The number of benzene rings is 1. The first-order valence-corrected chi connectivity index (χ1v) is 11.3. The van der Waals surface area contributed by atoms with Gasteiger partial charge in [0.15, 0.2) is 11.5 Å². The standard InChI is InChI=1S/C23H32N2O4S/c1-17-6-8-20(30-17)16-25(23(26)15-24-14-19-5-4-12-29-19)11-10-18-7-9-21(27-2)22(13-18)28-3/h6-9,13,19,24H,4-5,10-12,14-16H2,1-3H3. The van der Waals surface area contributed by atoms with E-state index in [-0.39, 0.29) is 12.0 Å². The van der Waals surface area contributed by atoms with Gasteiger partial charge in [-0.3, -0.25) is 4.79 Å². The minimum Gasteiger partial charge on any atom is -0.493 e. The largest absolute Gasteiger partial charge is 0.493 e. The number of ether oxygens (including phenoxy) is 3. The smallest absolute Gasteiger partial charge is 0.236 e. The summed E-state index contributed by atoms with van der Waals surface area (Å²) in [5.41, 5.74) is 1.11. The Morgan fingerprint density at radius 1 is 1.23 bits per heavy atom. The van der Waals surface area contributed by atoms with Crippen LogP contribution >= 0.6 is 11.3 Å². The Hall–Kier alpha value is -2.09. The summed E-state index contributed by atoms with van der Waals surface area (Å²) in [6.07, 6.45) is 3.16. The highest BCUT2D eigenvalue weighted by Crippen LogP contribution is 2.28. The topological polar surface area (TPSA) is 60.0 Å². The van der Waals surface area contributed by atoms with Crippen LogP contribution in [0.15, 0.2) is 30.3 Å². The van der Waals surface area contributed by atoms with Crippen molar-refractivity contribution in [2.45, 2.75) is 38.8 Å². The predicted molar refractivity (Wildman–Crippen MR) is 120 cm³/mol. The maximum atomic E-state index is 13.0. The van der Waals surface area contributed by atoms with Crippen molar-refractivity contribution in [3.05, 3.63) is 45.6 Å². The number of nitrogens with zero attached hydrogens (tertiary/aromatic N) is 1. The molecule has 0 aliphatic carbocycles. The second kappa shape index (κ2) is 11.3. The summed E-state index contributed by atoms with van der Waals surface area (Å²) in [5, 5.41) is 3.28. The SMILES string of the molecule is COc1ccc(CCN(Cc2ccc(C)s2)C(=O)CNCC2CCCO2)cc1OC. The van der Waals surface area contributed by atoms with E-state index in [4.69, 9.17) is 14.2 Å². The summed E-state index contributed by atoms with van der Waals surface area (Å²) in [6, 6.07) is 10.1. The first-order valence-electron chi connectivity index (χ1n) is 10.5. The number of hydrogen-bond acceptors (Lipinski definition) is 6. The molecule has 1 aliphatic rings. The van der Waals surface area contributed by atoms with Crippen molar-refractivity contribution in [2.75, 3.05) is 40.5 Å². The highest BCUT2D eigenvalue weighted by Gasteiger charge is 2.18. The summed E-state index contributed by atoms with van der Waals surface area (Å²) >= 11 is 1.74. The molecule has 30 heavy (non-hydrogen) atoms. The van der Waals surface area contributed by atoms with Crippen LogP contribution in [0.25, 0.3) is 0 Å². The van der Waals surface area contributed by atoms with Crippen LogP contribution in [0.4, 0.5) is 0 Å². The van der Waals surface area contributed by atoms with Gasteiger partial charge >= 0.3 is 0 Å². The fourth-order valence-corrected chi connectivity index (χ4v) is 4.51. The molecule has 1 aliphatic heterocycles. The fraction of sp³-hybridized carbons (Fsp3) is 0.522. The first-order chi connectivity index (χ1) is 14.6. The number of aryl methyl sites for hydroxylation is 1. The van der Waals surface area contributed by atoms with Crippen LogP contribution in [0.2, 0.25) is 0 Å². The van der Waals surface area contributed by atoms with E-state index in [9.17, 15) is 4.79 Å². The van der Waals surface area contributed by atoms with Crippen molar-refractivity contribution in [2.24, 2.45) is 0 Å². The van der Waals surface area contributed by atoms with Gasteiger partial charge in [-0.1, -0.05) is 6.07 Å². The molecule has 3 rings (SSSR count). The molecule has 0 saturated carbocycles. The van der Waals surface area contributed by atoms with E-state index in [1.165, 1.54) is 9.75 Å². The molecular formula is C23H32N2O4S. The number of thiophene rings is 1. The van der Waals surface area contributed by atoms with E-state index in [1.807, 2.05) is 23.1 Å². The van der Waals surface area contributed by atoms with E-state index in [2.05, 4.69) is 24.4 Å². The van der Waals surface area contributed by atoms with Gasteiger partial charge in [0, 0.05) is 29.5 Å². The molecule has 1 amide bonds. The van der Waals surface area contributed by atoms with E-state index in [0.717, 1.165) is 38.0 Å². The molecule has 6 nitrogen and oxygen atoms in total.